The van der Waals surface area contributed by atoms with Crippen LogP contribution in [0.2, 0.25) is 0 Å². The summed E-state index contributed by atoms with van der Waals surface area (Å²) in [5.74, 6) is 0.892. The third kappa shape index (κ3) is 20.0. The van der Waals surface area contributed by atoms with Crippen LogP contribution in [0, 0.1) is 5.92 Å². The van der Waals surface area contributed by atoms with Crippen molar-refractivity contribution in [2.45, 2.75) is 117 Å². The summed E-state index contributed by atoms with van der Waals surface area (Å²) in [7, 11) is 0. The Labute approximate surface area is 141 Å². The van der Waals surface area contributed by atoms with Crippen molar-refractivity contribution in [1.29, 1.82) is 0 Å². The predicted molar refractivity (Wildman–Crippen MR) is 101 cm³/mol. The molecule has 0 bridgehead atoms. The summed E-state index contributed by atoms with van der Waals surface area (Å²) in [6.45, 7) is 8.76. The Morgan fingerprint density at radius 2 is 0.955 bits per heavy atom. The fourth-order valence-electron chi connectivity index (χ4n) is 2.95. The van der Waals surface area contributed by atoms with Crippen LogP contribution in [0.1, 0.15) is 117 Å². The second kappa shape index (κ2) is 19.0. The lowest BCUT2D eigenvalue weighted by molar-refractivity contribution is 0.130. The summed E-state index contributed by atoms with van der Waals surface area (Å²) >= 11 is 0. The molecular weight excluding hydrogens is 268 g/mol. The normalized spacial score (nSPS) is 11.5. The molecule has 1 heteroatoms. The van der Waals surface area contributed by atoms with Crippen LogP contribution in [0.5, 0.6) is 0 Å². The quantitative estimate of drug-likeness (QED) is 0.238. The molecule has 0 radical (unpaired) electrons. The second-order valence-electron chi connectivity index (χ2n) is 7.39. The van der Waals surface area contributed by atoms with Gasteiger partial charge in [-0.05, 0) is 18.8 Å². The van der Waals surface area contributed by atoms with Gasteiger partial charge in [-0.2, -0.15) is 0 Å². The van der Waals surface area contributed by atoms with Gasteiger partial charge >= 0.3 is 0 Å². The second-order valence-corrected chi connectivity index (χ2v) is 7.39. The molecule has 134 valence electrons. The highest BCUT2D eigenvalue weighted by molar-refractivity contribution is 4.50. The highest BCUT2D eigenvalue weighted by Crippen LogP contribution is 2.14. The molecule has 0 atom stereocenters. The van der Waals surface area contributed by atoms with E-state index in [9.17, 15) is 0 Å². The molecule has 0 aliphatic rings. The first-order valence-electron chi connectivity index (χ1n) is 10.3. The third-order valence-electron chi connectivity index (χ3n) is 4.42. The van der Waals surface area contributed by atoms with E-state index in [1.807, 2.05) is 0 Å². The minimum atomic E-state index is 0.892. The topological polar surface area (TPSA) is 9.23 Å². The van der Waals surface area contributed by atoms with E-state index in [0.717, 1.165) is 25.6 Å². The van der Waals surface area contributed by atoms with Gasteiger partial charge < -0.3 is 4.74 Å². The zero-order valence-corrected chi connectivity index (χ0v) is 16.0. The Kier molecular flexibility index (Phi) is 19.0. The van der Waals surface area contributed by atoms with E-state index in [-0.39, 0.29) is 0 Å². The highest BCUT2D eigenvalue weighted by atomic mass is 16.5. The molecule has 1 nitrogen and oxygen atoms in total. The Balaban J connectivity index is 2.94. The lowest BCUT2D eigenvalue weighted by Gasteiger charge is -2.05. The van der Waals surface area contributed by atoms with Gasteiger partial charge in [0.2, 0.25) is 0 Å². The summed E-state index contributed by atoms with van der Waals surface area (Å²) in [4.78, 5) is 0. The lowest BCUT2D eigenvalue weighted by atomic mass is 10.0. The van der Waals surface area contributed by atoms with Gasteiger partial charge in [-0.15, -0.1) is 0 Å². The van der Waals surface area contributed by atoms with Gasteiger partial charge in [0.1, 0.15) is 0 Å². The molecule has 0 aliphatic heterocycles. The molecule has 0 heterocycles. The van der Waals surface area contributed by atoms with Gasteiger partial charge in [0.15, 0.2) is 0 Å². The van der Waals surface area contributed by atoms with E-state index in [2.05, 4.69) is 20.8 Å². The van der Waals surface area contributed by atoms with Gasteiger partial charge in [-0.3, -0.25) is 0 Å². The summed E-state index contributed by atoms with van der Waals surface area (Å²) in [5, 5.41) is 0. The SMILES string of the molecule is CCCOCCCCCCCCCCCCCCCC(C)C. The van der Waals surface area contributed by atoms with E-state index in [1.165, 1.54) is 89.9 Å². The maximum Gasteiger partial charge on any atom is 0.0466 e. The van der Waals surface area contributed by atoms with E-state index >= 15 is 0 Å². The maximum atomic E-state index is 5.50. The minimum Gasteiger partial charge on any atom is -0.381 e. The minimum absolute atomic E-state index is 0.892. The van der Waals surface area contributed by atoms with Crippen molar-refractivity contribution in [1.82, 2.24) is 0 Å². The van der Waals surface area contributed by atoms with Crippen LogP contribution >= 0.6 is 0 Å². The molecular formula is C21H44O. The number of unbranched alkanes of at least 4 members (excludes halogenated alkanes) is 12. The van der Waals surface area contributed by atoms with E-state index in [0.29, 0.717) is 0 Å². The van der Waals surface area contributed by atoms with E-state index in [1.54, 1.807) is 0 Å². The summed E-state index contributed by atoms with van der Waals surface area (Å²) in [5.41, 5.74) is 0. The number of ether oxygens (including phenoxy) is 1. The zero-order valence-electron chi connectivity index (χ0n) is 16.0. The van der Waals surface area contributed by atoms with Crippen LogP contribution in [0.3, 0.4) is 0 Å². The third-order valence-corrected chi connectivity index (χ3v) is 4.42. The standard InChI is InChI=1S/C21H44O/c1-4-19-22-20-17-15-13-11-9-7-5-6-8-10-12-14-16-18-21(2)3/h21H,4-20H2,1-3H3. The van der Waals surface area contributed by atoms with Crippen molar-refractivity contribution in [2.75, 3.05) is 13.2 Å². The Morgan fingerprint density at radius 3 is 1.36 bits per heavy atom. The smallest absolute Gasteiger partial charge is 0.0466 e. The van der Waals surface area contributed by atoms with Gasteiger partial charge in [0, 0.05) is 13.2 Å². The first-order valence-corrected chi connectivity index (χ1v) is 10.3. The van der Waals surface area contributed by atoms with Crippen molar-refractivity contribution in [2.24, 2.45) is 5.92 Å². The summed E-state index contributed by atoms with van der Waals surface area (Å²) < 4.78 is 5.50. The zero-order chi connectivity index (χ0) is 16.3. The largest absolute Gasteiger partial charge is 0.381 e. The van der Waals surface area contributed by atoms with Crippen LogP contribution in [0.4, 0.5) is 0 Å². The van der Waals surface area contributed by atoms with Crippen LogP contribution in [-0.4, -0.2) is 13.2 Å². The Hall–Kier alpha value is -0.0400. The molecule has 0 saturated carbocycles. The summed E-state index contributed by atoms with van der Waals surface area (Å²) in [6.07, 6.45) is 21.2. The van der Waals surface area contributed by atoms with Crippen molar-refractivity contribution < 1.29 is 4.74 Å². The van der Waals surface area contributed by atoms with Gasteiger partial charge in [0.25, 0.3) is 0 Å². The van der Waals surface area contributed by atoms with Gasteiger partial charge in [0.05, 0.1) is 0 Å². The molecule has 0 aromatic heterocycles. The fourth-order valence-corrected chi connectivity index (χ4v) is 2.95. The van der Waals surface area contributed by atoms with Crippen LogP contribution in [-0.2, 0) is 4.74 Å². The molecule has 0 fully saturated rings. The molecule has 0 amide bonds. The lowest BCUT2D eigenvalue weighted by Crippen LogP contribution is -1.95. The van der Waals surface area contributed by atoms with Crippen LogP contribution in [0.15, 0.2) is 0 Å². The average Bonchev–Trinajstić information content (AvgIpc) is 2.50. The maximum absolute atomic E-state index is 5.50. The van der Waals surface area contributed by atoms with E-state index in [4.69, 9.17) is 4.74 Å². The van der Waals surface area contributed by atoms with Crippen LogP contribution in [0.25, 0.3) is 0 Å². The summed E-state index contributed by atoms with van der Waals surface area (Å²) in [6, 6.07) is 0. The molecule has 0 spiro atoms. The number of rotatable bonds is 18. The molecule has 0 aromatic carbocycles. The molecule has 0 aliphatic carbocycles. The first-order chi connectivity index (χ1) is 10.8. The van der Waals surface area contributed by atoms with Crippen LogP contribution < -0.4 is 0 Å². The molecule has 0 rings (SSSR count). The Morgan fingerprint density at radius 1 is 0.545 bits per heavy atom. The van der Waals surface area contributed by atoms with Crippen molar-refractivity contribution in [3.05, 3.63) is 0 Å². The highest BCUT2D eigenvalue weighted by Gasteiger charge is 1.96. The Bertz CT molecular complexity index is 188. The molecule has 0 aromatic rings. The van der Waals surface area contributed by atoms with Crippen molar-refractivity contribution in [3.8, 4) is 0 Å². The monoisotopic (exact) mass is 312 g/mol. The molecule has 0 N–H and O–H groups in total. The molecule has 22 heavy (non-hydrogen) atoms. The van der Waals surface area contributed by atoms with Crippen molar-refractivity contribution >= 4 is 0 Å². The van der Waals surface area contributed by atoms with Gasteiger partial charge in [-0.25, -0.2) is 0 Å². The van der Waals surface area contributed by atoms with Gasteiger partial charge in [-0.1, -0.05) is 104 Å². The predicted octanol–water partition coefficient (Wildman–Crippen LogP) is 7.53. The molecule has 0 saturated heterocycles. The van der Waals surface area contributed by atoms with E-state index < -0.39 is 0 Å². The fraction of sp³-hybridized carbons (Fsp3) is 1.00. The average molecular weight is 313 g/mol. The van der Waals surface area contributed by atoms with Crippen molar-refractivity contribution in [3.63, 3.8) is 0 Å². The first kappa shape index (κ1) is 22.0. The molecule has 0 unspecified atom stereocenters. The number of hydrogen-bond donors (Lipinski definition) is 0. The number of hydrogen-bond acceptors (Lipinski definition) is 1.